The second-order valence-electron chi connectivity index (χ2n) is 7.21. The molecule has 0 saturated carbocycles. The highest BCUT2D eigenvalue weighted by Crippen LogP contribution is 2.25. The smallest absolute Gasteiger partial charge is 0.127 e. The number of hydrogen-bond donors (Lipinski definition) is 0. The second-order valence-corrected chi connectivity index (χ2v) is 7.21. The van der Waals surface area contributed by atoms with E-state index in [9.17, 15) is 0 Å². The standard InChI is InChI=1S/C24H36O/c1-2-3-4-5-6-7-8-9-10-11-12-15-21-25-24-20-16-18-22-17-13-14-19-23(22)24/h13-14,16-20H,2-12,15,21H2,1H3. The molecular formula is C24H36O. The van der Waals surface area contributed by atoms with E-state index in [0.29, 0.717) is 0 Å². The van der Waals surface area contributed by atoms with Crippen LogP contribution in [-0.4, -0.2) is 6.61 Å². The van der Waals surface area contributed by atoms with Gasteiger partial charge >= 0.3 is 0 Å². The summed E-state index contributed by atoms with van der Waals surface area (Å²) in [6.07, 6.45) is 16.6. The van der Waals surface area contributed by atoms with Crippen LogP contribution in [0.3, 0.4) is 0 Å². The van der Waals surface area contributed by atoms with Gasteiger partial charge in [0.1, 0.15) is 5.75 Å². The van der Waals surface area contributed by atoms with Crippen molar-refractivity contribution in [2.75, 3.05) is 6.61 Å². The number of ether oxygens (including phenoxy) is 1. The quantitative estimate of drug-likeness (QED) is 0.317. The molecular weight excluding hydrogens is 304 g/mol. The molecule has 0 radical (unpaired) electrons. The Morgan fingerprint density at radius 3 is 1.84 bits per heavy atom. The Bertz CT molecular complexity index is 570. The maximum absolute atomic E-state index is 6.01. The third kappa shape index (κ3) is 7.94. The van der Waals surface area contributed by atoms with Gasteiger partial charge in [-0.25, -0.2) is 0 Å². The van der Waals surface area contributed by atoms with Gasteiger partial charge in [0.15, 0.2) is 0 Å². The van der Waals surface area contributed by atoms with Crippen molar-refractivity contribution >= 4 is 10.8 Å². The molecule has 25 heavy (non-hydrogen) atoms. The van der Waals surface area contributed by atoms with Crippen molar-refractivity contribution < 1.29 is 4.74 Å². The molecule has 0 saturated heterocycles. The van der Waals surface area contributed by atoms with Gasteiger partial charge in [0.05, 0.1) is 6.61 Å². The third-order valence-corrected chi connectivity index (χ3v) is 5.01. The monoisotopic (exact) mass is 340 g/mol. The number of hydrogen-bond acceptors (Lipinski definition) is 1. The van der Waals surface area contributed by atoms with Crippen molar-refractivity contribution in [1.82, 2.24) is 0 Å². The minimum atomic E-state index is 0.839. The summed E-state index contributed by atoms with van der Waals surface area (Å²) < 4.78 is 6.01. The van der Waals surface area contributed by atoms with Gasteiger partial charge in [0.25, 0.3) is 0 Å². The molecule has 0 amide bonds. The van der Waals surface area contributed by atoms with Crippen LogP contribution >= 0.6 is 0 Å². The molecule has 2 aromatic rings. The van der Waals surface area contributed by atoms with Crippen LogP contribution in [0.2, 0.25) is 0 Å². The fraction of sp³-hybridized carbons (Fsp3) is 0.583. The summed E-state index contributed by atoms with van der Waals surface area (Å²) in [5, 5.41) is 2.48. The molecule has 0 unspecified atom stereocenters. The van der Waals surface area contributed by atoms with E-state index in [4.69, 9.17) is 4.74 Å². The molecule has 0 aromatic heterocycles. The van der Waals surface area contributed by atoms with Crippen LogP contribution in [0, 0.1) is 0 Å². The predicted molar refractivity (Wildman–Crippen MR) is 111 cm³/mol. The molecule has 0 atom stereocenters. The third-order valence-electron chi connectivity index (χ3n) is 5.01. The normalized spacial score (nSPS) is 11.1. The Balaban J connectivity index is 1.46. The molecule has 138 valence electrons. The average Bonchev–Trinajstić information content (AvgIpc) is 2.65. The lowest BCUT2D eigenvalue weighted by molar-refractivity contribution is 0.307. The van der Waals surface area contributed by atoms with Crippen molar-refractivity contribution in [1.29, 1.82) is 0 Å². The summed E-state index contributed by atoms with van der Waals surface area (Å²) in [4.78, 5) is 0. The van der Waals surface area contributed by atoms with Crippen LogP contribution < -0.4 is 4.74 Å². The summed E-state index contributed by atoms with van der Waals surface area (Å²) in [6.45, 7) is 3.12. The first-order chi connectivity index (χ1) is 12.4. The van der Waals surface area contributed by atoms with Gasteiger partial charge < -0.3 is 4.74 Å². The molecule has 0 heterocycles. The van der Waals surface area contributed by atoms with Crippen molar-refractivity contribution in [3.8, 4) is 5.75 Å². The van der Waals surface area contributed by atoms with Gasteiger partial charge in [-0.1, -0.05) is 114 Å². The Labute approximate surface area is 154 Å². The van der Waals surface area contributed by atoms with Gasteiger partial charge in [0, 0.05) is 5.39 Å². The van der Waals surface area contributed by atoms with Gasteiger partial charge in [-0.05, 0) is 17.9 Å². The summed E-state index contributed by atoms with van der Waals surface area (Å²) in [5.74, 6) is 1.03. The summed E-state index contributed by atoms with van der Waals surface area (Å²) >= 11 is 0. The largest absolute Gasteiger partial charge is 0.493 e. The highest BCUT2D eigenvalue weighted by atomic mass is 16.5. The maximum atomic E-state index is 6.01. The molecule has 0 spiro atoms. The molecule has 0 fully saturated rings. The van der Waals surface area contributed by atoms with E-state index in [1.165, 1.54) is 87.8 Å². The molecule has 0 aliphatic carbocycles. The predicted octanol–water partition coefficient (Wildman–Crippen LogP) is 7.92. The van der Waals surface area contributed by atoms with Crippen molar-refractivity contribution in [2.45, 2.75) is 84.0 Å². The summed E-state index contributed by atoms with van der Waals surface area (Å²) in [5.41, 5.74) is 0. The van der Waals surface area contributed by atoms with Crippen LogP contribution in [-0.2, 0) is 0 Å². The van der Waals surface area contributed by atoms with E-state index in [-0.39, 0.29) is 0 Å². The van der Waals surface area contributed by atoms with Crippen molar-refractivity contribution in [2.24, 2.45) is 0 Å². The summed E-state index contributed by atoms with van der Waals surface area (Å²) in [6, 6.07) is 14.8. The molecule has 2 aromatic carbocycles. The zero-order valence-corrected chi connectivity index (χ0v) is 16.1. The second kappa shape index (κ2) is 12.8. The van der Waals surface area contributed by atoms with E-state index >= 15 is 0 Å². The molecule has 0 aliphatic heterocycles. The van der Waals surface area contributed by atoms with Gasteiger partial charge in [-0.3, -0.25) is 0 Å². The highest BCUT2D eigenvalue weighted by molar-refractivity contribution is 5.88. The molecule has 2 rings (SSSR count). The minimum Gasteiger partial charge on any atom is -0.493 e. The van der Waals surface area contributed by atoms with Gasteiger partial charge in [-0.15, -0.1) is 0 Å². The molecule has 1 heteroatoms. The lowest BCUT2D eigenvalue weighted by atomic mass is 10.1. The van der Waals surface area contributed by atoms with E-state index < -0.39 is 0 Å². The van der Waals surface area contributed by atoms with Crippen molar-refractivity contribution in [3.05, 3.63) is 42.5 Å². The number of unbranched alkanes of at least 4 members (excludes halogenated alkanes) is 11. The molecule has 0 N–H and O–H groups in total. The Morgan fingerprint density at radius 2 is 1.16 bits per heavy atom. The lowest BCUT2D eigenvalue weighted by Crippen LogP contribution is -1.97. The Hall–Kier alpha value is -1.50. The first-order valence-corrected chi connectivity index (χ1v) is 10.5. The average molecular weight is 341 g/mol. The first-order valence-electron chi connectivity index (χ1n) is 10.5. The fourth-order valence-corrected chi connectivity index (χ4v) is 3.45. The Morgan fingerprint density at radius 1 is 0.600 bits per heavy atom. The van der Waals surface area contributed by atoms with Gasteiger partial charge in [-0.2, -0.15) is 0 Å². The first kappa shape index (κ1) is 19.8. The van der Waals surface area contributed by atoms with Crippen LogP contribution in [0.5, 0.6) is 5.75 Å². The van der Waals surface area contributed by atoms with E-state index in [1.54, 1.807) is 0 Å². The zero-order valence-electron chi connectivity index (χ0n) is 16.1. The SMILES string of the molecule is CCCCCCCCCCCCCCOc1cccc2ccccc12. The Kier molecular flexibility index (Phi) is 10.2. The highest BCUT2D eigenvalue weighted by Gasteiger charge is 2.00. The van der Waals surface area contributed by atoms with Crippen LogP contribution in [0.15, 0.2) is 42.5 Å². The van der Waals surface area contributed by atoms with Crippen LogP contribution in [0.25, 0.3) is 10.8 Å². The van der Waals surface area contributed by atoms with Crippen LogP contribution in [0.1, 0.15) is 84.0 Å². The van der Waals surface area contributed by atoms with E-state index in [0.717, 1.165) is 12.4 Å². The number of fused-ring (bicyclic) bond motifs is 1. The lowest BCUT2D eigenvalue weighted by Gasteiger charge is -2.09. The molecule has 0 bridgehead atoms. The maximum Gasteiger partial charge on any atom is 0.127 e. The number of rotatable bonds is 14. The van der Waals surface area contributed by atoms with Gasteiger partial charge in [0.2, 0.25) is 0 Å². The minimum absolute atomic E-state index is 0.839. The van der Waals surface area contributed by atoms with Crippen molar-refractivity contribution in [3.63, 3.8) is 0 Å². The summed E-state index contributed by atoms with van der Waals surface area (Å²) in [7, 11) is 0. The molecule has 0 aliphatic rings. The topological polar surface area (TPSA) is 9.23 Å². The van der Waals surface area contributed by atoms with E-state index in [1.807, 2.05) is 0 Å². The van der Waals surface area contributed by atoms with E-state index in [2.05, 4.69) is 49.4 Å². The fourth-order valence-electron chi connectivity index (χ4n) is 3.45. The number of benzene rings is 2. The molecule has 1 nitrogen and oxygen atoms in total. The zero-order chi connectivity index (χ0) is 17.6. The van der Waals surface area contributed by atoms with Crippen LogP contribution in [0.4, 0.5) is 0 Å².